The monoisotopic (exact) mass is 313 g/mol. The van der Waals surface area contributed by atoms with Gasteiger partial charge in [0, 0.05) is 19.3 Å². The van der Waals surface area contributed by atoms with Gasteiger partial charge in [0.05, 0.1) is 24.8 Å². The molecule has 0 bridgehead atoms. The zero-order valence-corrected chi connectivity index (χ0v) is 13.1. The third kappa shape index (κ3) is 3.90. The van der Waals surface area contributed by atoms with E-state index >= 15 is 0 Å². The molecule has 116 valence electrons. The summed E-state index contributed by atoms with van der Waals surface area (Å²) >= 11 is 5.89. The Balaban J connectivity index is 2.20. The first-order valence-corrected chi connectivity index (χ1v) is 7.65. The standard InChI is InChI=1S/C14H20ClN3O3/c1-3-18-5-6-21-12(9-18)13-16-8-10(11(7-15)17-13)14(19)20-4-2/h8,12H,3-7,9H2,1-2H3. The Labute approximate surface area is 129 Å². The van der Waals surface area contributed by atoms with Gasteiger partial charge in [0.25, 0.3) is 0 Å². The van der Waals surface area contributed by atoms with Gasteiger partial charge in [0.15, 0.2) is 5.82 Å². The van der Waals surface area contributed by atoms with E-state index in [9.17, 15) is 4.79 Å². The molecule has 6 nitrogen and oxygen atoms in total. The predicted octanol–water partition coefficient (Wildman–Crippen LogP) is 1.79. The van der Waals surface area contributed by atoms with Crippen molar-refractivity contribution in [2.75, 3.05) is 32.8 Å². The van der Waals surface area contributed by atoms with E-state index in [0.29, 0.717) is 30.3 Å². The van der Waals surface area contributed by atoms with Crippen molar-refractivity contribution in [1.29, 1.82) is 0 Å². The Kier molecular flexibility index (Phi) is 5.90. The van der Waals surface area contributed by atoms with Crippen LogP contribution in [-0.4, -0.2) is 53.7 Å². The molecule has 7 heteroatoms. The Morgan fingerprint density at radius 1 is 1.57 bits per heavy atom. The highest BCUT2D eigenvalue weighted by Gasteiger charge is 2.25. The Bertz CT molecular complexity index is 498. The van der Waals surface area contributed by atoms with E-state index in [1.54, 1.807) is 6.92 Å². The van der Waals surface area contributed by atoms with Gasteiger partial charge >= 0.3 is 5.97 Å². The molecule has 1 aromatic heterocycles. The minimum atomic E-state index is -0.445. The molecular formula is C14H20ClN3O3. The molecule has 1 aliphatic rings. The van der Waals surface area contributed by atoms with Crippen LogP contribution in [0, 0.1) is 0 Å². The van der Waals surface area contributed by atoms with E-state index in [2.05, 4.69) is 21.8 Å². The summed E-state index contributed by atoms with van der Waals surface area (Å²) in [5.74, 6) is 0.254. The Morgan fingerprint density at radius 3 is 3.05 bits per heavy atom. The molecule has 21 heavy (non-hydrogen) atoms. The number of ether oxygens (including phenoxy) is 2. The van der Waals surface area contributed by atoms with Crippen LogP contribution in [0.1, 0.15) is 41.8 Å². The van der Waals surface area contributed by atoms with E-state index in [1.807, 2.05) is 0 Å². The van der Waals surface area contributed by atoms with Gasteiger partial charge in [-0.3, -0.25) is 4.90 Å². The fraction of sp³-hybridized carbons (Fsp3) is 0.643. The molecule has 0 radical (unpaired) electrons. The third-order valence-corrected chi connectivity index (χ3v) is 3.65. The maximum Gasteiger partial charge on any atom is 0.341 e. The summed E-state index contributed by atoms with van der Waals surface area (Å²) < 4.78 is 10.7. The van der Waals surface area contributed by atoms with Crippen LogP contribution in [0.3, 0.4) is 0 Å². The average molecular weight is 314 g/mol. The van der Waals surface area contributed by atoms with Crippen molar-refractivity contribution >= 4 is 17.6 Å². The number of carbonyl (C=O) groups excluding carboxylic acids is 1. The fourth-order valence-corrected chi connectivity index (χ4v) is 2.42. The SMILES string of the molecule is CCOC(=O)c1cnc(C2CN(CC)CCO2)nc1CCl. The number of nitrogens with zero attached hydrogens (tertiary/aromatic N) is 3. The van der Waals surface area contributed by atoms with E-state index < -0.39 is 5.97 Å². The first-order valence-electron chi connectivity index (χ1n) is 7.12. The number of aromatic nitrogens is 2. The van der Waals surface area contributed by atoms with Crippen LogP contribution < -0.4 is 0 Å². The number of alkyl halides is 1. The van der Waals surface area contributed by atoms with E-state index in [1.165, 1.54) is 6.20 Å². The second kappa shape index (κ2) is 7.68. The largest absolute Gasteiger partial charge is 0.462 e. The second-order valence-electron chi connectivity index (χ2n) is 4.70. The number of morpholine rings is 1. The molecule has 1 unspecified atom stereocenters. The number of carbonyl (C=O) groups is 1. The van der Waals surface area contributed by atoms with Gasteiger partial charge in [-0.1, -0.05) is 6.92 Å². The highest BCUT2D eigenvalue weighted by Crippen LogP contribution is 2.21. The minimum absolute atomic E-state index is 0.133. The minimum Gasteiger partial charge on any atom is -0.462 e. The molecule has 1 fully saturated rings. The number of hydrogen-bond acceptors (Lipinski definition) is 6. The van der Waals surface area contributed by atoms with Crippen LogP contribution in [0.5, 0.6) is 0 Å². The van der Waals surface area contributed by atoms with E-state index in [4.69, 9.17) is 21.1 Å². The quantitative estimate of drug-likeness (QED) is 0.610. The molecule has 0 aromatic carbocycles. The van der Waals surface area contributed by atoms with Crippen molar-refractivity contribution in [1.82, 2.24) is 14.9 Å². The highest BCUT2D eigenvalue weighted by atomic mass is 35.5. The van der Waals surface area contributed by atoms with Crippen molar-refractivity contribution in [3.8, 4) is 0 Å². The van der Waals surface area contributed by atoms with Crippen molar-refractivity contribution in [2.24, 2.45) is 0 Å². The van der Waals surface area contributed by atoms with Crippen LogP contribution in [0.25, 0.3) is 0 Å². The average Bonchev–Trinajstić information content (AvgIpc) is 2.54. The zero-order chi connectivity index (χ0) is 15.2. The molecular weight excluding hydrogens is 294 g/mol. The number of halogens is 1. The van der Waals surface area contributed by atoms with Gasteiger partial charge in [0.1, 0.15) is 11.7 Å². The lowest BCUT2D eigenvalue weighted by Gasteiger charge is -2.31. The molecule has 1 aliphatic heterocycles. The molecule has 2 rings (SSSR count). The lowest BCUT2D eigenvalue weighted by molar-refractivity contribution is -0.0327. The van der Waals surface area contributed by atoms with Crippen molar-refractivity contribution in [3.63, 3.8) is 0 Å². The molecule has 0 N–H and O–H groups in total. The van der Waals surface area contributed by atoms with Crippen molar-refractivity contribution in [3.05, 3.63) is 23.3 Å². The molecule has 2 heterocycles. The van der Waals surface area contributed by atoms with Crippen LogP contribution in [0.15, 0.2) is 6.20 Å². The van der Waals surface area contributed by atoms with Gasteiger partial charge in [-0.15, -0.1) is 11.6 Å². The summed E-state index contributed by atoms with van der Waals surface area (Å²) in [6.07, 6.45) is 1.30. The fourth-order valence-electron chi connectivity index (χ4n) is 2.21. The molecule has 1 aromatic rings. The lowest BCUT2D eigenvalue weighted by atomic mass is 10.2. The smallest absolute Gasteiger partial charge is 0.341 e. The summed E-state index contributed by atoms with van der Waals surface area (Å²) in [5.41, 5.74) is 0.802. The summed E-state index contributed by atoms with van der Waals surface area (Å²) in [5, 5.41) is 0. The van der Waals surface area contributed by atoms with Crippen molar-refractivity contribution < 1.29 is 14.3 Å². The van der Waals surface area contributed by atoms with Crippen LogP contribution in [-0.2, 0) is 15.4 Å². The van der Waals surface area contributed by atoms with Crippen LogP contribution >= 0.6 is 11.6 Å². The number of hydrogen-bond donors (Lipinski definition) is 0. The highest BCUT2D eigenvalue weighted by molar-refractivity contribution is 6.17. The topological polar surface area (TPSA) is 64.5 Å². The normalized spacial score (nSPS) is 19.5. The van der Waals surface area contributed by atoms with Crippen molar-refractivity contribution in [2.45, 2.75) is 25.8 Å². The molecule has 1 saturated heterocycles. The Morgan fingerprint density at radius 2 is 2.38 bits per heavy atom. The molecule has 0 saturated carbocycles. The first kappa shape index (κ1) is 16.1. The van der Waals surface area contributed by atoms with Gasteiger partial charge in [-0.2, -0.15) is 0 Å². The van der Waals surface area contributed by atoms with E-state index in [0.717, 1.165) is 19.6 Å². The number of esters is 1. The van der Waals surface area contributed by atoms with E-state index in [-0.39, 0.29) is 12.0 Å². The molecule has 1 atom stereocenters. The second-order valence-corrected chi connectivity index (χ2v) is 4.96. The summed E-state index contributed by atoms with van der Waals surface area (Å²) in [6, 6.07) is 0. The summed E-state index contributed by atoms with van der Waals surface area (Å²) in [6.45, 7) is 7.44. The summed E-state index contributed by atoms with van der Waals surface area (Å²) in [4.78, 5) is 22.7. The van der Waals surface area contributed by atoms with Gasteiger partial charge < -0.3 is 9.47 Å². The number of likely N-dealkylation sites (N-methyl/N-ethyl adjacent to an activating group) is 1. The maximum atomic E-state index is 11.8. The first-order chi connectivity index (χ1) is 10.2. The van der Waals surface area contributed by atoms with Gasteiger partial charge in [-0.25, -0.2) is 14.8 Å². The Hall–Kier alpha value is -1.24. The lowest BCUT2D eigenvalue weighted by Crippen LogP contribution is -2.38. The molecule has 0 amide bonds. The third-order valence-electron chi connectivity index (χ3n) is 3.39. The predicted molar refractivity (Wildman–Crippen MR) is 78.4 cm³/mol. The maximum absolute atomic E-state index is 11.8. The molecule has 0 spiro atoms. The summed E-state index contributed by atoms with van der Waals surface area (Å²) in [7, 11) is 0. The van der Waals surface area contributed by atoms with Gasteiger partial charge in [0.2, 0.25) is 0 Å². The van der Waals surface area contributed by atoms with Crippen LogP contribution in [0.4, 0.5) is 0 Å². The zero-order valence-electron chi connectivity index (χ0n) is 12.3. The molecule has 0 aliphatic carbocycles. The van der Waals surface area contributed by atoms with Gasteiger partial charge in [-0.05, 0) is 13.5 Å². The number of rotatable bonds is 5. The van der Waals surface area contributed by atoms with Crippen LogP contribution in [0.2, 0.25) is 0 Å².